The third-order valence-corrected chi connectivity index (χ3v) is 2.63. The quantitative estimate of drug-likeness (QED) is 0.852. The number of anilines is 1. The Labute approximate surface area is 100 Å². The van der Waals surface area contributed by atoms with Crippen molar-refractivity contribution >= 4 is 17.4 Å². The van der Waals surface area contributed by atoms with Gasteiger partial charge in [0.25, 0.3) is 0 Å². The van der Waals surface area contributed by atoms with Gasteiger partial charge in [-0.2, -0.15) is 5.26 Å². The number of hydrogen-bond acceptors (Lipinski definition) is 4. The molecule has 0 saturated heterocycles. The van der Waals surface area contributed by atoms with Gasteiger partial charge in [-0.1, -0.05) is 11.6 Å². The molecule has 5 heteroatoms. The fraction of sp³-hybridized carbons (Fsp3) is 0.455. The SMILES string of the molecule is CCN(CCCO)c1nccc(C#N)c1Cl. The number of hydrogen-bond donors (Lipinski definition) is 1. The van der Waals surface area contributed by atoms with E-state index in [2.05, 4.69) is 4.98 Å². The van der Waals surface area contributed by atoms with Gasteiger partial charge in [-0.25, -0.2) is 4.98 Å². The minimum absolute atomic E-state index is 0.131. The van der Waals surface area contributed by atoms with Crippen LogP contribution >= 0.6 is 11.6 Å². The van der Waals surface area contributed by atoms with E-state index in [0.717, 1.165) is 6.54 Å². The average Bonchev–Trinajstić information content (AvgIpc) is 2.32. The molecule has 4 nitrogen and oxygen atoms in total. The fourth-order valence-electron chi connectivity index (χ4n) is 1.41. The third kappa shape index (κ3) is 2.84. The van der Waals surface area contributed by atoms with E-state index in [1.807, 2.05) is 17.9 Å². The van der Waals surface area contributed by atoms with Gasteiger partial charge in [0.2, 0.25) is 0 Å². The molecule has 1 aromatic heterocycles. The monoisotopic (exact) mass is 239 g/mol. The van der Waals surface area contributed by atoms with Crippen LogP contribution in [0.15, 0.2) is 12.3 Å². The second-order valence-corrected chi connectivity index (χ2v) is 3.64. The predicted octanol–water partition coefficient (Wildman–Crippen LogP) is 1.82. The summed E-state index contributed by atoms with van der Waals surface area (Å²) in [6.45, 7) is 3.52. The van der Waals surface area contributed by atoms with Crippen LogP contribution in [0.25, 0.3) is 0 Å². The topological polar surface area (TPSA) is 60.1 Å². The van der Waals surface area contributed by atoms with Crippen molar-refractivity contribution in [3.8, 4) is 6.07 Å². The number of nitrogens with zero attached hydrogens (tertiary/aromatic N) is 3. The molecule has 0 amide bonds. The van der Waals surface area contributed by atoms with E-state index < -0.39 is 0 Å². The van der Waals surface area contributed by atoms with Crippen LogP contribution in [0.2, 0.25) is 5.02 Å². The summed E-state index contributed by atoms with van der Waals surface area (Å²) in [4.78, 5) is 6.12. The minimum atomic E-state index is 0.131. The molecule has 0 aliphatic heterocycles. The van der Waals surface area contributed by atoms with Gasteiger partial charge in [0.15, 0.2) is 0 Å². The number of rotatable bonds is 5. The Morgan fingerprint density at radius 3 is 2.94 bits per heavy atom. The fourth-order valence-corrected chi connectivity index (χ4v) is 1.69. The number of halogens is 1. The molecule has 0 aliphatic rings. The summed E-state index contributed by atoms with van der Waals surface area (Å²) in [7, 11) is 0. The van der Waals surface area contributed by atoms with Gasteiger partial charge in [-0.3, -0.25) is 0 Å². The van der Waals surface area contributed by atoms with Gasteiger partial charge < -0.3 is 10.0 Å². The van der Waals surface area contributed by atoms with Crippen LogP contribution in [0, 0.1) is 11.3 Å². The molecule has 1 aromatic rings. The summed E-state index contributed by atoms with van der Waals surface area (Å²) in [6, 6.07) is 3.61. The first-order valence-corrected chi connectivity index (χ1v) is 5.52. The zero-order chi connectivity index (χ0) is 12.0. The van der Waals surface area contributed by atoms with Crippen LogP contribution in [0.4, 0.5) is 5.82 Å². The molecule has 0 spiro atoms. The summed E-state index contributed by atoms with van der Waals surface area (Å²) < 4.78 is 0. The third-order valence-electron chi connectivity index (χ3n) is 2.26. The van der Waals surface area contributed by atoms with Gasteiger partial charge in [0.05, 0.1) is 5.56 Å². The molecule has 1 rings (SSSR count). The zero-order valence-corrected chi connectivity index (χ0v) is 9.91. The zero-order valence-electron chi connectivity index (χ0n) is 9.15. The molecule has 0 fully saturated rings. The summed E-state index contributed by atoms with van der Waals surface area (Å²) in [5, 5.41) is 18.0. The van der Waals surface area contributed by atoms with Crippen molar-refractivity contribution < 1.29 is 5.11 Å². The van der Waals surface area contributed by atoms with E-state index in [1.165, 1.54) is 0 Å². The maximum atomic E-state index is 8.85. The summed E-state index contributed by atoms with van der Waals surface area (Å²) >= 11 is 6.07. The number of aliphatic hydroxyl groups is 1. The normalized spacial score (nSPS) is 9.88. The van der Waals surface area contributed by atoms with E-state index in [-0.39, 0.29) is 6.61 Å². The molecule has 0 unspecified atom stereocenters. The maximum absolute atomic E-state index is 8.85. The number of aliphatic hydroxyl groups excluding tert-OH is 1. The number of aromatic nitrogens is 1. The lowest BCUT2D eigenvalue weighted by Gasteiger charge is -2.22. The van der Waals surface area contributed by atoms with Crippen LogP contribution in [0.3, 0.4) is 0 Å². The highest BCUT2D eigenvalue weighted by molar-refractivity contribution is 6.34. The first-order valence-electron chi connectivity index (χ1n) is 5.15. The van der Waals surface area contributed by atoms with Gasteiger partial charge >= 0.3 is 0 Å². The maximum Gasteiger partial charge on any atom is 0.148 e. The van der Waals surface area contributed by atoms with E-state index in [0.29, 0.717) is 29.4 Å². The van der Waals surface area contributed by atoms with Crippen molar-refractivity contribution in [2.24, 2.45) is 0 Å². The second kappa shape index (κ2) is 6.31. The van der Waals surface area contributed by atoms with Crippen LogP contribution in [-0.4, -0.2) is 29.8 Å². The smallest absolute Gasteiger partial charge is 0.148 e. The van der Waals surface area contributed by atoms with Crippen LogP contribution in [-0.2, 0) is 0 Å². The summed E-state index contributed by atoms with van der Waals surface area (Å²) in [5.74, 6) is 0.608. The first kappa shape index (κ1) is 12.8. The van der Waals surface area contributed by atoms with Gasteiger partial charge in [0, 0.05) is 25.9 Å². The van der Waals surface area contributed by atoms with Gasteiger partial charge in [-0.05, 0) is 19.4 Å². The molecule has 16 heavy (non-hydrogen) atoms. The van der Waals surface area contributed by atoms with Crippen molar-refractivity contribution in [2.45, 2.75) is 13.3 Å². The molecule has 0 atom stereocenters. The van der Waals surface area contributed by atoms with Crippen molar-refractivity contribution in [3.05, 3.63) is 22.8 Å². The van der Waals surface area contributed by atoms with E-state index >= 15 is 0 Å². The van der Waals surface area contributed by atoms with Gasteiger partial charge in [0.1, 0.15) is 16.9 Å². The standard InChI is InChI=1S/C11H14ClN3O/c1-2-15(6-3-7-16)11-10(12)9(8-13)4-5-14-11/h4-5,16H,2-3,6-7H2,1H3. The van der Waals surface area contributed by atoms with Crippen LogP contribution in [0.1, 0.15) is 18.9 Å². The summed E-state index contributed by atoms with van der Waals surface area (Å²) in [6.07, 6.45) is 2.23. The highest BCUT2D eigenvalue weighted by Gasteiger charge is 2.12. The predicted molar refractivity (Wildman–Crippen MR) is 63.6 cm³/mol. The molecule has 0 aliphatic carbocycles. The van der Waals surface area contributed by atoms with E-state index in [4.69, 9.17) is 22.0 Å². The van der Waals surface area contributed by atoms with Crippen LogP contribution < -0.4 is 4.90 Å². The molecule has 1 N–H and O–H groups in total. The highest BCUT2D eigenvalue weighted by atomic mass is 35.5. The molecular weight excluding hydrogens is 226 g/mol. The Kier molecular flexibility index (Phi) is 5.03. The Morgan fingerprint density at radius 2 is 2.38 bits per heavy atom. The molecule has 0 radical (unpaired) electrons. The Bertz CT molecular complexity index is 389. The number of pyridine rings is 1. The molecule has 1 heterocycles. The lowest BCUT2D eigenvalue weighted by molar-refractivity contribution is 0.289. The van der Waals surface area contributed by atoms with E-state index in [9.17, 15) is 0 Å². The molecule has 86 valence electrons. The second-order valence-electron chi connectivity index (χ2n) is 3.26. The van der Waals surface area contributed by atoms with Crippen LogP contribution in [0.5, 0.6) is 0 Å². The molecular formula is C11H14ClN3O. The van der Waals surface area contributed by atoms with Crippen molar-refractivity contribution in [1.82, 2.24) is 4.98 Å². The van der Waals surface area contributed by atoms with Crippen molar-refractivity contribution in [1.29, 1.82) is 5.26 Å². The highest BCUT2D eigenvalue weighted by Crippen LogP contribution is 2.26. The summed E-state index contributed by atoms with van der Waals surface area (Å²) in [5.41, 5.74) is 0.425. The van der Waals surface area contributed by atoms with Crippen molar-refractivity contribution in [2.75, 3.05) is 24.6 Å². The molecule has 0 bridgehead atoms. The number of nitriles is 1. The lowest BCUT2D eigenvalue weighted by atomic mass is 10.2. The average molecular weight is 240 g/mol. The molecule has 0 aromatic carbocycles. The van der Waals surface area contributed by atoms with Crippen molar-refractivity contribution in [3.63, 3.8) is 0 Å². The largest absolute Gasteiger partial charge is 0.396 e. The minimum Gasteiger partial charge on any atom is -0.396 e. The lowest BCUT2D eigenvalue weighted by Crippen LogP contribution is -2.26. The Balaban J connectivity index is 2.97. The van der Waals surface area contributed by atoms with Gasteiger partial charge in [-0.15, -0.1) is 0 Å². The Morgan fingerprint density at radius 1 is 1.62 bits per heavy atom. The first-order chi connectivity index (χ1) is 7.74. The van der Waals surface area contributed by atoms with E-state index in [1.54, 1.807) is 12.3 Å². The Hall–Kier alpha value is -1.31. The molecule has 0 saturated carbocycles.